The highest BCUT2D eigenvalue weighted by Crippen LogP contribution is 2.25. The highest BCUT2D eigenvalue weighted by Gasteiger charge is 2.18. The van der Waals surface area contributed by atoms with Crippen molar-refractivity contribution < 1.29 is 9.53 Å². The molecule has 0 radical (unpaired) electrons. The molecule has 0 N–H and O–H groups in total. The van der Waals surface area contributed by atoms with Crippen molar-refractivity contribution in [1.29, 1.82) is 5.26 Å². The van der Waals surface area contributed by atoms with Crippen molar-refractivity contribution in [3.05, 3.63) is 88.0 Å². The molecule has 4 nitrogen and oxygen atoms in total. The molecule has 0 spiro atoms. The van der Waals surface area contributed by atoms with Crippen molar-refractivity contribution in [2.24, 2.45) is 0 Å². The minimum atomic E-state index is -0.0741. The summed E-state index contributed by atoms with van der Waals surface area (Å²) < 4.78 is 6.35. The fourth-order valence-electron chi connectivity index (χ4n) is 2.91. The Morgan fingerprint density at radius 2 is 1.70 bits per heavy atom. The topological polar surface area (TPSA) is 53.3 Å². The van der Waals surface area contributed by atoms with Crippen LogP contribution < -0.4 is 0 Å². The number of hydrogen-bond donors (Lipinski definition) is 0. The van der Waals surface area contributed by atoms with Crippen LogP contribution in [0.25, 0.3) is 5.57 Å². The maximum atomic E-state index is 13.2. The van der Waals surface area contributed by atoms with E-state index in [2.05, 4.69) is 26.9 Å². The van der Waals surface area contributed by atoms with Gasteiger partial charge >= 0.3 is 0 Å². The molecule has 1 saturated heterocycles. The third-order valence-electron chi connectivity index (χ3n) is 4.32. The largest absolute Gasteiger partial charge is 0.378 e. The number of morpholine rings is 1. The van der Waals surface area contributed by atoms with E-state index < -0.39 is 0 Å². The van der Waals surface area contributed by atoms with E-state index in [-0.39, 0.29) is 5.78 Å². The smallest absolute Gasteiger partial charge is 0.193 e. The molecule has 1 fully saturated rings. The lowest BCUT2D eigenvalue weighted by atomic mass is 9.95. The Labute approximate surface area is 167 Å². The number of ether oxygens (including phenoxy) is 1. The quantitative estimate of drug-likeness (QED) is 0.309. The van der Waals surface area contributed by atoms with Gasteiger partial charge in [-0.1, -0.05) is 58.4 Å². The molecular formula is C22H19BrN2O2. The predicted molar refractivity (Wildman–Crippen MR) is 109 cm³/mol. The minimum Gasteiger partial charge on any atom is -0.378 e. The van der Waals surface area contributed by atoms with Crippen LogP contribution in [0, 0.1) is 11.3 Å². The number of benzene rings is 2. The van der Waals surface area contributed by atoms with Crippen LogP contribution in [0.3, 0.4) is 0 Å². The van der Waals surface area contributed by atoms with E-state index in [0.29, 0.717) is 37.4 Å². The van der Waals surface area contributed by atoms with Crippen molar-refractivity contribution in [2.75, 3.05) is 26.3 Å². The molecular weight excluding hydrogens is 404 g/mol. The lowest BCUT2D eigenvalue weighted by molar-refractivity contribution is 0.0554. The molecule has 1 heterocycles. The normalized spacial score (nSPS) is 15.3. The Morgan fingerprint density at radius 3 is 2.33 bits per heavy atom. The summed E-state index contributed by atoms with van der Waals surface area (Å²) in [5, 5.41) is 9.24. The number of nitrogens with zero attached hydrogens (tertiary/aromatic N) is 2. The molecule has 3 rings (SSSR count). The second-order valence-electron chi connectivity index (χ2n) is 6.06. The fourth-order valence-corrected chi connectivity index (χ4v) is 3.18. The zero-order chi connectivity index (χ0) is 19.1. The van der Waals surface area contributed by atoms with Crippen LogP contribution in [0.5, 0.6) is 0 Å². The first-order chi connectivity index (χ1) is 13.2. The molecule has 2 aromatic rings. The minimum absolute atomic E-state index is 0.0741. The van der Waals surface area contributed by atoms with Gasteiger partial charge in [-0.2, -0.15) is 5.26 Å². The molecule has 5 heteroatoms. The number of ketones is 1. The van der Waals surface area contributed by atoms with E-state index in [1.165, 1.54) is 6.08 Å². The molecule has 0 atom stereocenters. The van der Waals surface area contributed by atoms with Gasteiger partial charge in [0.1, 0.15) is 0 Å². The first-order valence-corrected chi connectivity index (χ1v) is 9.48. The molecule has 27 heavy (non-hydrogen) atoms. The molecule has 0 bridgehead atoms. The summed E-state index contributed by atoms with van der Waals surface area (Å²) in [6, 6.07) is 18.9. The van der Waals surface area contributed by atoms with Gasteiger partial charge in [-0.15, -0.1) is 0 Å². The average Bonchev–Trinajstić information content (AvgIpc) is 2.73. The summed E-state index contributed by atoms with van der Waals surface area (Å²) in [4.78, 5) is 15.3. The van der Waals surface area contributed by atoms with Gasteiger partial charge in [0, 0.05) is 40.5 Å². The molecule has 0 unspecified atom stereocenters. The Bertz CT molecular complexity index is 890. The Balaban J connectivity index is 2.06. The molecule has 2 aromatic carbocycles. The highest BCUT2D eigenvalue weighted by molar-refractivity contribution is 9.10. The van der Waals surface area contributed by atoms with E-state index in [0.717, 1.165) is 15.7 Å². The van der Waals surface area contributed by atoms with E-state index >= 15 is 0 Å². The third-order valence-corrected chi connectivity index (χ3v) is 4.85. The number of carbonyl (C=O) groups is 1. The highest BCUT2D eigenvalue weighted by atomic mass is 79.9. The van der Waals surface area contributed by atoms with Gasteiger partial charge in [0.05, 0.1) is 19.3 Å². The Morgan fingerprint density at radius 1 is 1.04 bits per heavy atom. The van der Waals surface area contributed by atoms with Crippen molar-refractivity contribution in [1.82, 2.24) is 4.90 Å². The Kier molecular flexibility index (Phi) is 6.59. The molecule has 0 saturated carbocycles. The summed E-state index contributed by atoms with van der Waals surface area (Å²) in [5.74, 6) is -0.0741. The SMILES string of the molecule is N#C/C=C(\C=C(\C(=O)c1ccccc1)c1ccc(Br)cc1)N1CCOCC1. The molecule has 0 aliphatic carbocycles. The standard InChI is InChI=1S/C22H19BrN2O2/c23-19-8-6-17(7-9-19)21(22(26)18-4-2-1-3-5-18)16-20(10-11-24)25-12-14-27-15-13-25/h1-10,16H,12-15H2/b20-10+,21-16+. The van der Waals surface area contributed by atoms with Gasteiger partial charge in [-0.25, -0.2) is 0 Å². The zero-order valence-corrected chi connectivity index (χ0v) is 16.4. The van der Waals surface area contributed by atoms with Crippen LogP contribution in [0.1, 0.15) is 15.9 Å². The number of rotatable bonds is 5. The monoisotopic (exact) mass is 422 g/mol. The van der Waals surface area contributed by atoms with Crippen molar-refractivity contribution in [3.63, 3.8) is 0 Å². The van der Waals surface area contributed by atoms with Gasteiger partial charge in [0.25, 0.3) is 0 Å². The number of carbonyl (C=O) groups excluding carboxylic acids is 1. The van der Waals surface area contributed by atoms with Crippen molar-refractivity contribution in [3.8, 4) is 6.07 Å². The van der Waals surface area contributed by atoms with Crippen LogP contribution in [0.4, 0.5) is 0 Å². The van der Waals surface area contributed by atoms with Gasteiger partial charge < -0.3 is 9.64 Å². The first-order valence-electron chi connectivity index (χ1n) is 8.69. The van der Waals surface area contributed by atoms with Crippen LogP contribution >= 0.6 is 15.9 Å². The number of hydrogen-bond acceptors (Lipinski definition) is 4. The summed E-state index contributed by atoms with van der Waals surface area (Å²) in [5.41, 5.74) is 2.71. The number of halogens is 1. The van der Waals surface area contributed by atoms with Crippen LogP contribution in [-0.2, 0) is 4.74 Å². The third kappa shape index (κ3) is 4.94. The number of nitriles is 1. The van der Waals surface area contributed by atoms with Gasteiger partial charge in [-0.05, 0) is 23.8 Å². The molecule has 1 aliphatic rings. The summed E-state index contributed by atoms with van der Waals surface area (Å²) in [6.45, 7) is 2.60. The maximum absolute atomic E-state index is 13.2. The summed E-state index contributed by atoms with van der Waals surface area (Å²) in [7, 11) is 0. The maximum Gasteiger partial charge on any atom is 0.193 e. The van der Waals surface area contributed by atoms with Crippen LogP contribution in [-0.4, -0.2) is 37.0 Å². The van der Waals surface area contributed by atoms with Gasteiger partial charge in [-0.3, -0.25) is 4.79 Å². The number of allylic oxidation sites excluding steroid dienone is 3. The van der Waals surface area contributed by atoms with Crippen molar-refractivity contribution in [2.45, 2.75) is 0 Å². The van der Waals surface area contributed by atoms with E-state index in [1.54, 1.807) is 12.1 Å². The average molecular weight is 423 g/mol. The molecule has 136 valence electrons. The van der Waals surface area contributed by atoms with Crippen LogP contribution in [0.2, 0.25) is 0 Å². The second kappa shape index (κ2) is 9.31. The first kappa shape index (κ1) is 19.1. The number of Topliss-reactive ketones (excluding diaryl/α,β-unsaturated/α-hetero) is 1. The lowest BCUT2D eigenvalue weighted by Gasteiger charge is -2.29. The fraction of sp³-hybridized carbons (Fsp3) is 0.182. The lowest BCUT2D eigenvalue weighted by Crippen LogP contribution is -2.35. The molecule has 0 aromatic heterocycles. The summed E-state index contributed by atoms with van der Waals surface area (Å²) >= 11 is 3.43. The second-order valence-corrected chi connectivity index (χ2v) is 6.97. The van der Waals surface area contributed by atoms with Crippen molar-refractivity contribution >= 4 is 27.3 Å². The Hall–Kier alpha value is -2.68. The summed E-state index contributed by atoms with van der Waals surface area (Å²) in [6.07, 6.45) is 3.30. The van der Waals surface area contributed by atoms with E-state index in [9.17, 15) is 10.1 Å². The van der Waals surface area contributed by atoms with E-state index in [4.69, 9.17) is 4.74 Å². The van der Waals surface area contributed by atoms with Crippen LogP contribution in [0.15, 0.2) is 76.9 Å². The molecule has 0 amide bonds. The zero-order valence-electron chi connectivity index (χ0n) is 14.8. The van der Waals surface area contributed by atoms with Gasteiger partial charge in [0.15, 0.2) is 5.78 Å². The van der Waals surface area contributed by atoms with Gasteiger partial charge in [0.2, 0.25) is 0 Å². The molecule has 1 aliphatic heterocycles. The predicted octanol–water partition coefficient (Wildman–Crippen LogP) is 4.46. The van der Waals surface area contributed by atoms with E-state index in [1.807, 2.05) is 48.5 Å².